The fourth-order valence-corrected chi connectivity index (χ4v) is 1.12. The van der Waals surface area contributed by atoms with Crippen molar-refractivity contribution >= 4 is 12.6 Å². The van der Waals surface area contributed by atoms with Crippen LogP contribution >= 0.6 is 0 Å². The molecule has 0 atom stereocenters. The van der Waals surface area contributed by atoms with Crippen molar-refractivity contribution in [3.8, 4) is 5.88 Å². The largest absolute Gasteiger partial charge is 0.490 e. The van der Waals surface area contributed by atoms with Gasteiger partial charge in [0.2, 0.25) is 5.88 Å². The van der Waals surface area contributed by atoms with Crippen LogP contribution in [0.3, 0.4) is 0 Å². The second-order valence-electron chi connectivity index (χ2n) is 3.42. The number of pyridine rings is 1. The molecular weight excluding hydrogens is 181 g/mol. The van der Waals surface area contributed by atoms with E-state index in [-0.39, 0.29) is 6.10 Å². The third-order valence-electron chi connectivity index (χ3n) is 1.76. The molecule has 76 valence electrons. The molecule has 0 fully saturated rings. The zero-order valence-corrected chi connectivity index (χ0v) is 8.56. The maximum absolute atomic E-state index is 8.95. The Balaban J connectivity index is 2.89. The lowest BCUT2D eigenvalue weighted by atomic mass is 9.79. The van der Waals surface area contributed by atoms with Crippen molar-refractivity contribution in [3.63, 3.8) is 0 Å². The number of aromatic nitrogens is 1. The van der Waals surface area contributed by atoms with Crippen LogP contribution in [-0.4, -0.2) is 28.3 Å². The summed E-state index contributed by atoms with van der Waals surface area (Å²) in [5.74, 6) is 0.502. The van der Waals surface area contributed by atoms with E-state index >= 15 is 0 Å². The molecule has 1 rings (SSSR count). The summed E-state index contributed by atoms with van der Waals surface area (Å²) in [6.45, 7) is 5.60. The summed E-state index contributed by atoms with van der Waals surface area (Å²) < 4.78 is 5.36. The smallest absolute Gasteiger partial charge is 0.475 e. The Morgan fingerprint density at radius 2 is 2.07 bits per heavy atom. The van der Waals surface area contributed by atoms with E-state index in [4.69, 9.17) is 14.8 Å². The lowest BCUT2D eigenvalue weighted by molar-refractivity contribution is 0.232. The molecule has 2 N–H and O–H groups in total. The van der Waals surface area contributed by atoms with Crippen LogP contribution in [0.1, 0.15) is 19.4 Å². The van der Waals surface area contributed by atoms with Gasteiger partial charge in [0, 0.05) is 17.7 Å². The fourth-order valence-electron chi connectivity index (χ4n) is 1.12. The first-order valence-corrected chi connectivity index (χ1v) is 4.50. The average Bonchev–Trinajstić information content (AvgIpc) is 2.01. The SMILES string of the molecule is Cc1cc(OC(C)C)ncc1B(O)O. The molecule has 0 radical (unpaired) electrons. The highest BCUT2D eigenvalue weighted by atomic mass is 16.5. The summed E-state index contributed by atoms with van der Waals surface area (Å²) in [6, 6.07) is 1.69. The molecule has 0 saturated heterocycles. The lowest BCUT2D eigenvalue weighted by Gasteiger charge is -2.10. The van der Waals surface area contributed by atoms with Gasteiger partial charge in [0.15, 0.2) is 0 Å². The summed E-state index contributed by atoms with van der Waals surface area (Å²) >= 11 is 0. The van der Waals surface area contributed by atoms with E-state index in [1.54, 1.807) is 13.0 Å². The first kappa shape index (κ1) is 11.0. The summed E-state index contributed by atoms with van der Waals surface area (Å²) in [5.41, 5.74) is 1.16. The van der Waals surface area contributed by atoms with Gasteiger partial charge in [-0.3, -0.25) is 0 Å². The van der Waals surface area contributed by atoms with E-state index in [1.165, 1.54) is 6.20 Å². The van der Waals surface area contributed by atoms with Crippen LogP contribution in [0.5, 0.6) is 5.88 Å². The number of hydrogen-bond acceptors (Lipinski definition) is 4. The van der Waals surface area contributed by atoms with Gasteiger partial charge in [-0.25, -0.2) is 4.98 Å². The second kappa shape index (κ2) is 4.44. The minimum Gasteiger partial charge on any atom is -0.475 e. The Labute approximate surface area is 83.7 Å². The molecule has 1 aromatic rings. The zero-order chi connectivity index (χ0) is 10.7. The molecule has 0 bridgehead atoms. The summed E-state index contributed by atoms with van der Waals surface area (Å²) in [5, 5.41) is 17.9. The molecule has 0 aliphatic rings. The average molecular weight is 195 g/mol. The Hall–Kier alpha value is -1.07. The quantitative estimate of drug-likeness (QED) is 0.658. The molecule has 14 heavy (non-hydrogen) atoms. The maximum atomic E-state index is 8.95. The van der Waals surface area contributed by atoms with Crippen LogP contribution in [0.15, 0.2) is 12.3 Å². The van der Waals surface area contributed by atoms with Crippen LogP contribution < -0.4 is 10.2 Å². The molecule has 0 spiro atoms. The molecule has 1 aromatic heterocycles. The summed E-state index contributed by atoms with van der Waals surface area (Å²) in [6.07, 6.45) is 1.48. The molecule has 1 heterocycles. The van der Waals surface area contributed by atoms with Gasteiger partial charge in [0.1, 0.15) is 0 Å². The van der Waals surface area contributed by atoms with E-state index in [0.717, 1.165) is 5.56 Å². The zero-order valence-electron chi connectivity index (χ0n) is 8.56. The standard InChI is InChI=1S/C9H14BNO3/c1-6(2)14-9-4-7(3)8(5-11-9)10(12)13/h4-6,12-13H,1-3H3. The van der Waals surface area contributed by atoms with Crippen molar-refractivity contribution in [1.29, 1.82) is 0 Å². The van der Waals surface area contributed by atoms with Gasteiger partial charge in [-0.1, -0.05) is 0 Å². The molecule has 0 aliphatic heterocycles. The monoisotopic (exact) mass is 195 g/mol. The second-order valence-corrected chi connectivity index (χ2v) is 3.42. The third-order valence-corrected chi connectivity index (χ3v) is 1.76. The predicted octanol–water partition coefficient (Wildman–Crippen LogP) is -0.143. The van der Waals surface area contributed by atoms with E-state index < -0.39 is 7.12 Å². The first-order valence-electron chi connectivity index (χ1n) is 4.50. The predicted molar refractivity (Wildman–Crippen MR) is 54.6 cm³/mol. The Morgan fingerprint density at radius 3 is 2.50 bits per heavy atom. The highest BCUT2D eigenvalue weighted by Crippen LogP contribution is 2.08. The van der Waals surface area contributed by atoms with Gasteiger partial charge in [-0.15, -0.1) is 0 Å². The molecule has 0 aromatic carbocycles. The molecule has 0 saturated carbocycles. The van der Waals surface area contributed by atoms with Crippen molar-refractivity contribution in [2.24, 2.45) is 0 Å². The number of rotatable bonds is 3. The van der Waals surface area contributed by atoms with Crippen molar-refractivity contribution < 1.29 is 14.8 Å². The minimum absolute atomic E-state index is 0.0619. The maximum Gasteiger partial charge on any atom is 0.490 e. The van der Waals surface area contributed by atoms with Crippen molar-refractivity contribution in [2.75, 3.05) is 0 Å². The molecule has 0 unspecified atom stereocenters. The number of ether oxygens (including phenoxy) is 1. The van der Waals surface area contributed by atoms with Crippen molar-refractivity contribution in [2.45, 2.75) is 26.9 Å². The van der Waals surface area contributed by atoms with Crippen LogP contribution in [0.2, 0.25) is 0 Å². The van der Waals surface area contributed by atoms with Crippen LogP contribution in [-0.2, 0) is 0 Å². The molecule has 0 amide bonds. The fraction of sp³-hybridized carbons (Fsp3) is 0.444. The highest BCUT2D eigenvalue weighted by molar-refractivity contribution is 6.59. The van der Waals surface area contributed by atoms with Crippen LogP contribution in [0.25, 0.3) is 0 Å². The first-order chi connectivity index (χ1) is 6.50. The lowest BCUT2D eigenvalue weighted by Crippen LogP contribution is -2.32. The van der Waals surface area contributed by atoms with Gasteiger partial charge >= 0.3 is 7.12 Å². The van der Waals surface area contributed by atoms with Crippen LogP contribution in [0, 0.1) is 6.92 Å². The topological polar surface area (TPSA) is 62.6 Å². The van der Waals surface area contributed by atoms with Gasteiger partial charge in [-0.05, 0) is 26.3 Å². The summed E-state index contributed by atoms with van der Waals surface area (Å²) in [7, 11) is -1.48. The molecular formula is C9H14BNO3. The minimum atomic E-state index is -1.48. The van der Waals surface area contributed by atoms with Gasteiger partial charge in [0.25, 0.3) is 0 Å². The van der Waals surface area contributed by atoms with Crippen molar-refractivity contribution in [3.05, 3.63) is 17.8 Å². The molecule has 5 heteroatoms. The van der Waals surface area contributed by atoms with E-state index in [2.05, 4.69) is 4.98 Å². The number of aryl methyl sites for hydroxylation is 1. The number of hydrogen-bond donors (Lipinski definition) is 2. The van der Waals surface area contributed by atoms with Crippen molar-refractivity contribution in [1.82, 2.24) is 4.98 Å². The normalized spacial score (nSPS) is 10.4. The Bertz CT molecular complexity index is 315. The highest BCUT2D eigenvalue weighted by Gasteiger charge is 2.15. The number of nitrogens with zero attached hydrogens (tertiary/aromatic N) is 1. The van der Waals surface area contributed by atoms with E-state index in [1.807, 2.05) is 13.8 Å². The van der Waals surface area contributed by atoms with Gasteiger partial charge in [-0.2, -0.15) is 0 Å². The van der Waals surface area contributed by atoms with Crippen LogP contribution in [0.4, 0.5) is 0 Å². The third kappa shape index (κ3) is 2.72. The Morgan fingerprint density at radius 1 is 1.43 bits per heavy atom. The van der Waals surface area contributed by atoms with Gasteiger partial charge < -0.3 is 14.8 Å². The van der Waals surface area contributed by atoms with Gasteiger partial charge in [0.05, 0.1) is 6.10 Å². The Kier molecular flexibility index (Phi) is 3.49. The summed E-state index contributed by atoms with van der Waals surface area (Å²) in [4.78, 5) is 3.96. The molecule has 4 nitrogen and oxygen atoms in total. The van der Waals surface area contributed by atoms with E-state index in [0.29, 0.717) is 11.3 Å². The molecule has 0 aliphatic carbocycles. The van der Waals surface area contributed by atoms with E-state index in [9.17, 15) is 0 Å².